The first-order valence-corrected chi connectivity index (χ1v) is 14.4. The van der Waals surface area contributed by atoms with E-state index < -0.39 is 6.08 Å². The van der Waals surface area contributed by atoms with E-state index in [1.165, 1.54) is 89.5 Å². The zero-order valence-electron chi connectivity index (χ0n) is 21.0. The number of hydrogen-bond donors (Lipinski definition) is 0. The van der Waals surface area contributed by atoms with Crippen LogP contribution in [-0.4, -0.2) is 12.7 Å². The van der Waals surface area contributed by atoms with Crippen LogP contribution in [0.25, 0.3) is 0 Å². The Labute approximate surface area is 201 Å². The first-order chi connectivity index (χ1) is 16.1. The number of hydrogen-bond acceptors (Lipinski definition) is 1. The van der Waals surface area contributed by atoms with E-state index in [4.69, 9.17) is 4.74 Å². The highest BCUT2D eigenvalue weighted by Gasteiger charge is 2.36. The number of halogens is 2. The maximum absolute atomic E-state index is 12.5. The molecule has 1 heterocycles. The van der Waals surface area contributed by atoms with Crippen molar-refractivity contribution in [1.82, 2.24) is 0 Å². The third-order valence-electron chi connectivity index (χ3n) is 10.1. The number of ether oxygens (including phenoxy) is 1. The van der Waals surface area contributed by atoms with E-state index in [1.54, 1.807) is 0 Å². The molecule has 0 amide bonds. The van der Waals surface area contributed by atoms with Gasteiger partial charge in [-0.3, -0.25) is 0 Å². The Hall–Kier alpha value is -0.700. The lowest BCUT2D eigenvalue weighted by Crippen LogP contribution is -2.34. The van der Waals surface area contributed by atoms with E-state index in [0.717, 1.165) is 61.4 Å². The van der Waals surface area contributed by atoms with Crippen LogP contribution >= 0.6 is 0 Å². The van der Waals surface area contributed by atoms with Crippen molar-refractivity contribution in [3.05, 3.63) is 24.3 Å². The summed E-state index contributed by atoms with van der Waals surface area (Å²) in [4.78, 5) is 0. The first-order valence-electron chi connectivity index (χ1n) is 14.4. The molecule has 33 heavy (non-hydrogen) atoms. The molecule has 4 fully saturated rings. The Balaban J connectivity index is 1.12. The van der Waals surface area contributed by atoms with E-state index in [2.05, 4.69) is 19.1 Å². The smallest absolute Gasteiger partial charge is 0.266 e. The Morgan fingerprint density at radius 1 is 0.667 bits per heavy atom. The van der Waals surface area contributed by atoms with Gasteiger partial charge in [-0.2, -0.15) is 8.78 Å². The minimum atomic E-state index is -1.48. The fraction of sp³-hybridized carbons (Fsp3) is 0.867. The molecular weight excluding hydrogens is 414 g/mol. The Morgan fingerprint density at radius 2 is 1.12 bits per heavy atom. The summed E-state index contributed by atoms with van der Waals surface area (Å²) in [5.74, 6) is 5.47. The zero-order valence-corrected chi connectivity index (χ0v) is 21.0. The fourth-order valence-electron chi connectivity index (χ4n) is 8.01. The summed E-state index contributed by atoms with van der Waals surface area (Å²) in [7, 11) is 0. The maximum Gasteiger partial charge on any atom is 0.266 e. The standard InChI is InChI=1S/C30H48F2O/c1-2-3-4-5-29-19-18-28(21-33-29)27-16-14-26(15-17-27)25-12-10-24(11-13-25)23-8-6-22(7-9-23)20-30(31)32/h2-3,20,22-29H,4-19,21H2,1H3/b3-2+. The van der Waals surface area contributed by atoms with E-state index in [0.29, 0.717) is 6.10 Å². The molecule has 0 radical (unpaired) electrons. The van der Waals surface area contributed by atoms with E-state index in [1.807, 2.05) is 0 Å². The number of allylic oxidation sites excluding steroid dienone is 3. The lowest BCUT2D eigenvalue weighted by atomic mass is 9.64. The highest BCUT2D eigenvalue weighted by atomic mass is 19.3. The van der Waals surface area contributed by atoms with Gasteiger partial charge in [0.2, 0.25) is 0 Å². The van der Waals surface area contributed by atoms with Crippen molar-refractivity contribution in [2.75, 3.05) is 6.61 Å². The largest absolute Gasteiger partial charge is 0.378 e. The summed E-state index contributed by atoms with van der Waals surface area (Å²) < 4.78 is 31.3. The molecule has 0 aromatic rings. The monoisotopic (exact) mass is 462 g/mol. The molecule has 1 saturated heterocycles. The first kappa shape index (κ1) is 25.4. The highest BCUT2D eigenvalue weighted by Crippen LogP contribution is 2.47. The van der Waals surface area contributed by atoms with Gasteiger partial charge < -0.3 is 4.74 Å². The molecule has 0 aromatic carbocycles. The molecule has 1 nitrogen and oxygen atoms in total. The zero-order chi connectivity index (χ0) is 23.0. The molecule has 1 aliphatic heterocycles. The molecule has 188 valence electrons. The lowest BCUT2D eigenvalue weighted by Gasteiger charge is -2.43. The van der Waals surface area contributed by atoms with Gasteiger partial charge in [-0.25, -0.2) is 0 Å². The quantitative estimate of drug-likeness (QED) is 0.342. The molecule has 0 bridgehead atoms. The SMILES string of the molecule is C/C=C/CCC1CCC(C2CCC(C3CCC(C4CCC(C=C(F)F)CC4)CC3)CC2)CO1. The van der Waals surface area contributed by atoms with E-state index in [-0.39, 0.29) is 5.92 Å². The molecule has 4 rings (SSSR count). The van der Waals surface area contributed by atoms with Crippen LogP contribution in [0.2, 0.25) is 0 Å². The molecule has 3 heteroatoms. The van der Waals surface area contributed by atoms with Gasteiger partial charge in [-0.1, -0.05) is 12.2 Å². The minimum Gasteiger partial charge on any atom is -0.378 e. The fourth-order valence-corrected chi connectivity index (χ4v) is 8.01. The summed E-state index contributed by atoms with van der Waals surface area (Å²) in [5.41, 5.74) is 0. The molecular formula is C30H48F2O. The summed E-state index contributed by atoms with van der Waals surface area (Å²) in [6.07, 6.45) is 25.4. The Bertz CT molecular complexity index is 607. The molecule has 3 saturated carbocycles. The normalized spacial score (nSPS) is 40.6. The predicted octanol–water partition coefficient (Wildman–Crippen LogP) is 9.34. The summed E-state index contributed by atoms with van der Waals surface area (Å²) in [6.45, 7) is 3.11. The van der Waals surface area contributed by atoms with Gasteiger partial charge in [0.05, 0.1) is 12.7 Å². The van der Waals surface area contributed by atoms with Crippen molar-refractivity contribution in [2.45, 2.75) is 116 Å². The third kappa shape index (κ3) is 7.39. The summed E-state index contributed by atoms with van der Waals surface area (Å²) >= 11 is 0. The van der Waals surface area contributed by atoms with Crippen LogP contribution in [0.3, 0.4) is 0 Å². The molecule has 2 atom stereocenters. The third-order valence-corrected chi connectivity index (χ3v) is 10.1. The molecule has 2 unspecified atom stereocenters. The Morgan fingerprint density at radius 3 is 1.55 bits per heavy atom. The van der Waals surface area contributed by atoms with Crippen LogP contribution in [0.1, 0.15) is 110 Å². The molecule has 0 spiro atoms. The van der Waals surface area contributed by atoms with Crippen LogP contribution in [0.5, 0.6) is 0 Å². The van der Waals surface area contributed by atoms with E-state index in [9.17, 15) is 8.78 Å². The van der Waals surface area contributed by atoms with Crippen molar-refractivity contribution in [3.8, 4) is 0 Å². The van der Waals surface area contributed by atoms with Crippen molar-refractivity contribution in [1.29, 1.82) is 0 Å². The lowest BCUT2D eigenvalue weighted by molar-refractivity contribution is -0.0432. The van der Waals surface area contributed by atoms with Gasteiger partial charge in [0.25, 0.3) is 6.08 Å². The predicted molar refractivity (Wildman–Crippen MR) is 133 cm³/mol. The van der Waals surface area contributed by atoms with E-state index >= 15 is 0 Å². The average Bonchev–Trinajstić information content (AvgIpc) is 2.85. The van der Waals surface area contributed by atoms with Crippen LogP contribution in [0.4, 0.5) is 8.78 Å². The maximum atomic E-state index is 12.5. The summed E-state index contributed by atoms with van der Waals surface area (Å²) in [5, 5.41) is 0. The second kappa shape index (κ2) is 12.8. The Kier molecular flexibility index (Phi) is 9.88. The van der Waals surface area contributed by atoms with Crippen molar-refractivity contribution < 1.29 is 13.5 Å². The van der Waals surface area contributed by atoms with Gasteiger partial charge in [0.15, 0.2) is 0 Å². The molecule has 0 N–H and O–H groups in total. The van der Waals surface area contributed by atoms with Crippen LogP contribution in [-0.2, 0) is 4.74 Å². The molecule has 3 aliphatic carbocycles. The van der Waals surface area contributed by atoms with Gasteiger partial charge >= 0.3 is 0 Å². The van der Waals surface area contributed by atoms with Crippen LogP contribution in [0, 0.1) is 41.4 Å². The van der Waals surface area contributed by atoms with Crippen molar-refractivity contribution in [2.24, 2.45) is 41.4 Å². The second-order valence-corrected chi connectivity index (χ2v) is 11.9. The van der Waals surface area contributed by atoms with Gasteiger partial charge in [-0.05, 0) is 157 Å². The number of rotatable bonds is 7. The average molecular weight is 463 g/mol. The molecule has 0 aromatic heterocycles. The second-order valence-electron chi connectivity index (χ2n) is 11.9. The van der Waals surface area contributed by atoms with Gasteiger partial charge in [0.1, 0.15) is 0 Å². The van der Waals surface area contributed by atoms with Gasteiger partial charge in [0, 0.05) is 0 Å². The highest BCUT2D eigenvalue weighted by molar-refractivity contribution is 4.93. The topological polar surface area (TPSA) is 9.23 Å². The van der Waals surface area contributed by atoms with Crippen molar-refractivity contribution >= 4 is 0 Å². The summed E-state index contributed by atoms with van der Waals surface area (Å²) in [6, 6.07) is 0. The van der Waals surface area contributed by atoms with Gasteiger partial charge in [-0.15, -0.1) is 0 Å². The van der Waals surface area contributed by atoms with Crippen LogP contribution < -0.4 is 0 Å². The minimum absolute atomic E-state index is 0.136. The van der Waals surface area contributed by atoms with Crippen LogP contribution in [0.15, 0.2) is 24.3 Å². The van der Waals surface area contributed by atoms with Crippen molar-refractivity contribution in [3.63, 3.8) is 0 Å². The molecule has 4 aliphatic rings.